The lowest BCUT2D eigenvalue weighted by Gasteiger charge is -2.33. The molecule has 4 heteroatoms. The van der Waals surface area contributed by atoms with E-state index < -0.39 is 0 Å². The topological polar surface area (TPSA) is 38.8 Å². The van der Waals surface area contributed by atoms with Crippen LogP contribution in [0.25, 0.3) is 0 Å². The van der Waals surface area contributed by atoms with E-state index in [0.29, 0.717) is 6.54 Å². The molecule has 0 radical (unpaired) electrons. The number of anilines is 1. The highest BCUT2D eigenvalue weighted by Crippen LogP contribution is 2.33. The number of benzene rings is 2. The minimum atomic E-state index is -0.0640. The quantitative estimate of drug-likeness (QED) is 0.873. The van der Waals surface area contributed by atoms with Crippen LogP contribution in [-0.2, 0) is 4.79 Å². The summed E-state index contributed by atoms with van der Waals surface area (Å²) in [6, 6.07) is 15.3. The maximum Gasteiger partial charge on any atom is 0.265 e. The van der Waals surface area contributed by atoms with Crippen molar-refractivity contribution in [3.05, 3.63) is 54.1 Å². The molecule has 0 spiro atoms. The summed E-state index contributed by atoms with van der Waals surface area (Å²) >= 11 is 0. The Morgan fingerprint density at radius 2 is 1.95 bits per heavy atom. The summed E-state index contributed by atoms with van der Waals surface area (Å²) in [6.45, 7) is 4.48. The molecule has 1 heterocycles. The molecule has 0 bridgehead atoms. The van der Waals surface area contributed by atoms with Gasteiger partial charge in [-0.2, -0.15) is 0 Å². The number of rotatable bonds is 3. The van der Waals surface area contributed by atoms with Crippen LogP contribution in [0.2, 0.25) is 0 Å². The normalized spacial score (nSPS) is 16.6. The third-order valence-corrected chi connectivity index (χ3v) is 3.67. The number of ether oxygens (including phenoxy) is 2. The number of aryl methyl sites for hydroxylation is 1. The lowest BCUT2D eigenvalue weighted by Crippen LogP contribution is -2.44. The zero-order chi connectivity index (χ0) is 15.5. The molecule has 0 saturated carbocycles. The molecular weight excluding hydrogens is 278 g/mol. The zero-order valence-corrected chi connectivity index (χ0v) is 12.8. The summed E-state index contributed by atoms with van der Waals surface area (Å²) in [5.41, 5.74) is 1.82. The number of hydrogen-bond donors (Lipinski definition) is 0. The summed E-state index contributed by atoms with van der Waals surface area (Å²) < 4.78 is 11.4. The SMILES string of the molecule is Cc1ccccc1OCC(=O)N1CC(C)Oc2ccccc21. The largest absolute Gasteiger partial charge is 0.487 e. The number of carbonyl (C=O) groups is 1. The Kier molecular flexibility index (Phi) is 4.00. The predicted octanol–water partition coefficient (Wildman–Crippen LogP) is 3.19. The van der Waals surface area contributed by atoms with Gasteiger partial charge in [0.25, 0.3) is 5.91 Å². The van der Waals surface area contributed by atoms with Crippen molar-refractivity contribution in [1.29, 1.82) is 0 Å². The van der Waals surface area contributed by atoms with Crippen LogP contribution in [0.5, 0.6) is 11.5 Å². The lowest BCUT2D eigenvalue weighted by atomic mass is 10.2. The molecule has 1 amide bonds. The van der Waals surface area contributed by atoms with Crippen LogP contribution in [0.4, 0.5) is 5.69 Å². The molecule has 0 fully saturated rings. The second-order valence-electron chi connectivity index (χ2n) is 5.45. The Hall–Kier alpha value is -2.49. The molecule has 22 heavy (non-hydrogen) atoms. The van der Waals surface area contributed by atoms with E-state index in [9.17, 15) is 4.79 Å². The van der Waals surface area contributed by atoms with Gasteiger partial charge in [-0.15, -0.1) is 0 Å². The predicted molar refractivity (Wildman–Crippen MR) is 85.6 cm³/mol. The third kappa shape index (κ3) is 2.91. The van der Waals surface area contributed by atoms with Crippen LogP contribution in [0, 0.1) is 6.92 Å². The minimum Gasteiger partial charge on any atom is -0.487 e. The Bertz CT molecular complexity index is 684. The molecule has 1 aliphatic rings. The van der Waals surface area contributed by atoms with E-state index in [1.807, 2.05) is 62.4 Å². The smallest absolute Gasteiger partial charge is 0.265 e. The second kappa shape index (κ2) is 6.10. The van der Waals surface area contributed by atoms with Crippen molar-refractivity contribution >= 4 is 11.6 Å². The Labute approximate surface area is 130 Å². The summed E-state index contributed by atoms with van der Waals surface area (Å²) in [7, 11) is 0. The average Bonchev–Trinajstić information content (AvgIpc) is 2.53. The first kappa shape index (κ1) is 14.4. The fourth-order valence-electron chi connectivity index (χ4n) is 2.56. The molecule has 4 nitrogen and oxygen atoms in total. The lowest BCUT2D eigenvalue weighted by molar-refractivity contribution is -0.121. The highest BCUT2D eigenvalue weighted by atomic mass is 16.5. The fraction of sp³-hybridized carbons (Fsp3) is 0.278. The van der Waals surface area contributed by atoms with Crippen LogP contribution < -0.4 is 14.4 Å². The van der Waals surface area contributed by atoms with E-state index in [4.69, 9.17) is 9.47 Å². The monoisotopic (exact) mass is 297 g/mol. The molecule has 1 aliphatic heterocycles. The average molecular weight is 297 g/mol. The molecule has 2 aromatic rings. The van der Waals surface area contributed by atoms with Crippen molar-refractivity contribution < 1.29 is 14.3 Å². The van der Waals surface area contributed by atoms with E-state index in [-0.39, 0.29) is 18.6 Å². The second-order valence-corrected chi connectivity index (χ2v) is 5.45. The molecule has 0 N–H and O–H groups in total. The number of carbonyl (C=O) groups excluding carboxylic acids is 1. The molecule has 0 aliphatic carbocycles. The first-order chi connectivity index (χ1) is 10.6. The summed E-state index contributed by atoms with van der Waals surface area (Å²) in [5, 5.41) is 0. The minimum absolute atomic E-state index is 0.0197. The number of hydrogen-bond acceptors (Lipinski definition) is 3. The highest BCUT2D eigenvalue weighted by Gasteiger charge is 2.27. The first-order valence-electron chi connectivity index (χ1n) is 7.39. The van der Waals surface area contributed by atoms with Gasteiger partial charge in [0.15, 0.2) is 6.61 Å². The molecule has 114 valence electrons. The van der Waals surface area contributed by atoms with Gasteiger partial charge in [-0.05, 0) is 37.6 Å². The van der Waals surface area contributed by atoms with Gasteiger partial charge in [0.1, 0.15) is 17.6 Å². The Morgan fingerprint density at radius 1 is 1.23 bits per heavy atom. The maximum absolute atomic E-state index is 12.5. The molecule has 3 rings (SSSR count). The van der Waals surface area contributed by atoms with Gasteiger partial charge in [0.05, 0.1) is 12.2 Å². The van der Waals surface area contributed by atoms with E-state index in [1.165, 1.54) is 0 Å². The molecule has 1 unspecified atom stereocenters. The van der Waals surface area contributed by atoms with Crippen LogP contribution in [0.3, 0.4) is 0 Å². The van der Waals surface area contributed by atoms with Crippen molar-refractivity contribution in [3.8, 4) is 11.5 Å². The molecular formula is C18H19NO3. The maximum atomic E-state index is 12.5. The van der Waals surface area contributed by atoms with Crippen molar-refractivity contribution in [1.82, 2.24) is 0 Å². The number of amides is 1. The number of fused-ring (bicyclic) bond motifs is 1. The van der Waals surface area contributed by atoms with Gasteiger partial charge in [-0.1, -0.05) is 30.3 Å². The number of para-hydroxylation sites is 3. The van der Waals surface area contributed by atoms with E-state index >= 15 is 0 Å². The Balaban J connectivity index is 1.74. The summed E-state index contributed by atoms with van der Waals surface area (Å²) in [6.07, 6.45) is -0.0303. The van der Waals surface area contributed by atoms with Gasteiger partial charge in [0.2, 0.25) is 0 Å². The van der Waals surface area contributed by atoms with Crippen molar-refractivity contribution in [2.45, 2.75) is 20.0 Å². The van der Waals surface area contributed by atoms with E-state index in [0.717, 1.165) is 22.7 Å². The number of nitrogens with zero attached hydrogens (tertiary/aromatic N) is 1. The van der Waals surface area contributed by atoms with Crippen molar-refractivity contribution in [2.24, 2.45) is 0 Å². The van der Waals surface area contributed by atoms with Crippen LogP contribution in [0.1, 0.15) is 12.5 Å². The standard InChI is InChI=1S/C18H19NO3/c1-13-7-3-5-9-16(13)21-12-18(20)19-11-14(2)22-17-10-6-4-8-15(17)19/h3-10,14H,11-12H2,1-2H3. The first-order valence-corrected chi connectivity index (χ1v) is 7.39. The van der Waals surface area contributed by atoms with Gasteiger partial charge >= 0.3 is 0 Å². The van der Waals surface area contributed by atoms with Gasteiger partial charge in [-0.25, -0.2) is 0 Å². The van der Waals surface area contributed by atoms with Crippen molar-refractivity contribution in [3.63, 3.8) is 0 Å². The molecule has 0 saturated heterocycles. The van der Waals surface area contributed by atoms with E-state index in [2.05, 4.69) is 0 Å². The van der Waals surface area contributed by atoms with E-state index in [1.54, 1.807) is 4.90 Å². The fourth-order valence-corrected chi connectivity index (χ4v) is 2.56. The van der Waals surface area contributed by atoms with Gasteiger partial charge in [-0.3, -0.25) is 4.79 Å². The zero-order valence-electron chi connectivity index (χ0n) is 12.8. The highest BCUT2D eigenvalue weighted by molar-refractivity contribution is 5.96. The van der Waals surface area contributed by atoms with Crippen molar-refractivity contribution in [2.75, 3.05) is 18.1 Å². The Morgan fingerprint density at radius 3 is 2.77 bits per heavy atom. The molecule has 1 atom stereocenters. The van der Waals surface area contributed by atoms with Crippen LogP contribution >= 0.6 is 0 Å². The van der Waals surface area contributed by atoms with Gasteiger partial charge < -0.3 is 14.4 Å². The van der Waals surface area contributed by atoms with Crippen LogP contribution in [0.15, 0.2) is 48.5 Å². The van der Waals surface area contributed by atoms with Gasteiger partial charge in [0, 0.05) is 0 Å². The molecule has 0 aromatic heterocycles. The third-order valence-electron chi connectivity index (χ3n) is 3.67. The summed E-state index contributed by atoms with van der Waals surface area (Å²) in [4.78, 5) is 14.3. The summed E-state index contributed by atoms with van der Waals surface area (Å²) in [5.74, 6) is 1.42. The molecule has 2 aromatic carbocycles. The van der Waals surface area contributed by atoms with Crippen LogP contribution in [-0.4, -0.2) is 25.2 Å².